The Morgan fingerprint density at radius 2 is 2.03 bits per heavy atom. The van der Waals surface area contributed by atoms with Gasteiger partial charge in [-0.15, -0.1) is 0 Å². The lowest BCUT2D eigenvalue weighted by molar-refractivity contribution is -0.159. The number of benzene rings is 1. The van der Waals surface area contributed by atoms with Crippen LogP contribution in [0.4, 0.5) is 29.1 Å². The number of alkyl halides is 3. The van der Waals surface area contributed by atoms with E-state index in [0.29, 0.717) is 5.52 Å². The lowest BCUT2D eigenvalue weighted by Gasteiger charge is -2.25. The molecule has 11 heteroatoms. The molecule has 34 heavy (non-hydrogen) atoms. The SMILES string of the molecule is CC(C)N[C@@H](c1ccc(Nc2nn([C@@H](CC#N)C3CC3)c3cc[nH]c(=O)c23)cc1F)C(F)(F)F. The quantitative estimate of drug-likeness (QED) is 0.394. The number of H-pyrrole nitrogens is 1. The highest BCUT2D eigenvalue weighted by Crippen LogP contribution is 2.43. The fourth-order valence-electron chi connectivity index (χ4n) is 4.14. The Bertz CT molecular complexity index is 1290. The molecule has 0 radical (unpaired) electrons. The van der Waals surface area contributed by atoms with E-state index in [1.54, 1.807) is 24.6 Å². The summed E-state index contributed by atoms with van der Waals surface area (Å²) >= 11 is 0. The number of nitriles is 1. The van der Waals surface area contributed by atoms with Crippen LogP contribution in [-0.2, 0) is 0 Å². The first-order valence-corrected chi connectivity index (χ1v) is 11.0. The molecule has 1 aliphatic carbocycles. The van der Waals surface area contributed by atoms with Gasteiger partial charge in [-0.05, 0) is 37.0 Å². The Morgan fingerprint density at radius 1 is 1.29 bits per heavy atom. The number of anilines is 2. The van der Waals surface area contributed by atoms with Crippen LogP contribution in [0, 0.1) is 23.1 Å². The van der Waals surface area contributed by atoms with Crippen LogP contribution in [0.5, 0.6) is 0 Å². The average molecular weight is 476 g/mol. The molecule has 3 N–H and O–H groups in total. The van der Waals surface area contributed by atoms with Gasteiger partial charge < -0.3 is 15.6 Å². The lowest BCUT2D eigenvalue weighted by Crippen LogP contribution is -2.38. The summed E-state index contributed by atoms with van der Waals surface area (Å²) in [6.07, 6.45) is -1.07. The van der Waals surface area contributed by atoms with Crippen LogP contribution in [0.15, 0.2) is 35.3 Å². The third-order valence-electron chi connectivity index (χ3n) is 5.81. The topological polar surface area (TPSA) is 98.5 Å². The fraction of sp³-hybridized carbons (Fsp3) is 0.435. The highest BCUT2D eigenvalue weighted by Gasteiger charge is 2.42. The summed E-state index contributed by atoms with van der Waals surface area (Å²) in [4.78, 5) is 15.1. The smallest absolute Gasteiger partial charge is 0.338 e. The zero-order valence-corrected chi connectivity index (χ0v) is 18.6. The van der Waals surface area contributed by atoms with Crippen molar-refractivity contribution in [3.05, 3.63) is 52.2 Å². The van der Waals surface area contributed by atoms with E-state index in [1.165, 1.54) is 12.3 Å². The predicted octanol–water partition coefficient (Wildman–Crippen LogP) is 5.07. The van der Waals surface area contributed by atoms with Crippen LogP contribution in [0.1, 0.15) is 50.8 Å². The Kier molecular flexibility index (Phi) is 6.36. The minimum atomic E-state index is -4.68. The zero-order chi connectivity index (χ0) is 24.6. The van der Waals surface area contributed by atoms with Gasteiger partial charge >= 0.3 is 6.18 Å². The first kappa shape index (κ1) is 23.8. The number of aromatic nitrogens is 3. The fourth-order valence-corrected chi connectivity index (χ4v) is 4.14. The number of nitrogens with zero attached hydrogens (tertiary/aromatic N) is 3. The van der Waals surface area contributed by atoms with Crippen molar-refractivity contribution in [2.75, 3.05) is 5.32 Å². The van der Waals surface area contributed by atoms with Crippen molar-refractivity contribution in [2.24, 2.45) is 5.92 Å². The van der Waals surface area contributed by atoms with E-state index in [9.17, 15) is 27.6 Å². The van der Waals surface area contributed by atoms with Crippen molar-refractivity contribution in [3.63, 3.8) is 0 Å². The molecule has 0 spiro atoms. The Morgan fingerprint density at radius 3 is 2.62 bits per heavy atom. The summed E-state index contributed by atoms with van der Waals surface area (Å²) in [7, 11) is 0. The van der Waals surface area contributed by atoms with Crippen molar-refractivity contribution in [1.29, 1.82) is 5.26 Å². The second-order valence-corrected chi connectivity index (χ2v) is 8.78. The number of hydrogen-bond acceptors (Lipinski definition) is 5. The third kappa shape index (κ3) is 4.77. The summed E-state index contributed by atoms with van der Waals surface area (Å²) in [6.45, 7) is 3.10. The Balaban J connectivity index is 1.71. The van der Waals surface area contributed by atoms with Crippen molar-refractivity contribution in [1.82, 2.24) is 20.1 Å². The third-order valence-corrected chi connectivity index (χ3v) is 5.81. The number of rotatable bonds is 8. The van der Waals surface area contributed by atoms with Crippen LogP contribution in [0.2, 0.25) is 0 Å². The molecule has 0 amide bonds. The van der Waals surface area contributed by atoms with E-state index in [1.807, 2.05) is 0 Å². The molecule has 1 saturated carbocycles. The van der Waals surface area contributed by atoms with Gasteiger partial charge in [0.1, 0.15) is 17.2 Å². The molecular formula is C23H24F4N6O. The Hall–Kier alpha value is -3.39. The van der Waals surface area contributed by atoms with E-state index < -0.39 is 35.2 Å². The van der Waals surface area contributed by atoms with Crippen LogP contribution < -0.4 is 16.2 Å². The van der Waals surface area contributed by atoms with Crippen molar-refractivity contribution < 1.29 is 17.6 Å². The highest BCUT2D eigenvalue weighted by atomic mass is 19.4. The number of nitrogens with one attached hydrogen (secondary N) is 3. The van der Waals surface area contributed by atoms with Gasteiger partial charge in [-0.25, -0.2) is 4.39 Å². The van der Waals surface area contributed by atoms with Gasteiger partial charge in [0, 0.05) is 23.5 Å². The molecule has 1 aromatic carbocycles. The summed E-state index contributed by atoms with van der Waals surface area (Å²) in [5, 5.41) is 19.2. The van der Waals surface area contributed by atoms with E-state index in [0.717, 1.165) is 25.0 Å². The molecule has 0 aliphatic heterocycles. The number of hydrogen-bond donors (Lipinski definition) is 3. The molecular weight excluding hydrogens is 452 g/mol. The zero-order valence-electron chi connectivity index (χ0n) is 18.6. The highest BCUT2D eigenvalue weighted by molar-refractivity contribution is 5.91. The van der Waals surface area contributed by atoms with Gasteiger partial charge in [0.2, 0.25) is 0 Å². The average Bonchev–Trinajstić information content (AvgIpc) is 3.52. The van der Waals surface area contributed by atoms with Crippen LogP contribution >= 0.6 is 0 Å². The van der Waals surface area contributed by atoms with Gasteiger partial charge in [-0.1, -0.05) is 19.9 Å². The monoisotopic (exact) mass is 476 g/mol. The van der Waals surface area contributed by atoms with Gasteiger partial charge in [0.25, 0.3) is 5.56 Å². The molecule has 2 heterocycles. The summed E-state index contributed by atoms with van der Waals surface area (Å²) in [6, 6.07) is 4.29. The number of fused-ring (bicyclic) bond motifs is 1. The molecule has 0 saturated heterocycles. The second-order valence-electron chi connectivity index (χ2n) is 8.78. The minimum absolute atomic E-state index is 0.139. The van der Waals surface area contributed by atoms with Crippen molar-refractivity contribution >= 4 is 22.4 Å². The maximum atomic E-state index is 14.8. The number of halogens is 4. The maximum absolute atomic E-state index is 14.8. The predicted molar refractivity (Wildman–Crippen MR) is 119 cm³/mol. The van der Waals surface area contributed by atoms with Crippen LogP contribution in [0.3, 0.4) is 0 Å². The van der Waals surface area contributed by atoms with Crippen LogP contribution in [-0.4, -0.2) is 27.0 Å². The Labute approximate surface area is 192 Å². The molecule has 2 aromatic heterocycles. The molecule has 1 fully saturated rings. The van der Waals surface area contributed by atoms with E-state index >= 15 is 0 Å². The van der Waals surface area contributed by atoms with Crippen LogP contribution in [0.25, 0.3) is 10.9 Å². The van der Waals surface area contributed by atoms with E-state index in [-0.39, 0.29) is 35.3 Å². The second kappa shape index (κ2) is 9.10. The molecule has 180 valence electrons. The number of pyridine rings is 1. The van der Waals surface area contributed by atoms with Crippen molar-refractivity contribution in [3.8, 4) is 6.07 Å². The van der Waals surface area contributed by atoms with Gasteiger partial charge in [-0.3, -0.25) is 9.48 Å². The normalized spacial score (nSPS) is 15.9. The molecule has 2 atom stereocenters. The first-order valence-electron chi connectivity index (χ1n) is 11.0. The first-order chi connectivity index (χ1) is 16.1. The number of aromatic amines is 1. The van der Waals surface area contributed by atoms with Crippen molar-refractivity contribution in [2.45, 2.75) is 57.4 Å². The molecule has 0 unspecified atom stereocenters. The van der Waals surface area contributed by atoms with E-state index in [4.69, 9.17) is 0 Å². The maximum Gasteiger partial charge on any atom is 0.408 e. The molecule has 1 aliphatic rings. The molecule has 0 bridgehead atoms. The molecule has 7 nitrogen and oxygen atoms in total. The van der Waals surface area contributed by atoms with E-state index in [2.05, 4.69) is 26.8 Å². The van der Waals surface area contributed by atoms with Gasteiger partial charge in [0.05, 0.1) is 24.0 Å². The summed E-state index contributed by atoms with van der Waals surface area (Å²) < 4.78 is 57.0. The molecule has 3 aromatic rings. The summed E-state index contributed by atoms with van der Waals surface area (Å²) in [5.74, 6) is -0.627. The van der Waals surface area contributed by atoms with Gasteiger partial charge in [-0.2, -0.15) is 23.5 Å². The minimum Gasteiger partial charge on any atom is -0.338 e. The standard InChI is InChI=1S/C23H24F4N6O/c1-12(2)30-20(23(25,26)27)15-6-5-14(11-16(15)24)31-21-19-18(8-10-29-22(19)34)33(32-21)17(7-9-28)13-3-4-13/h5-6,8,10-13,17,20,30H,3-4,7H2,1-2H3,(H,29,34)(H,31,32)/t17-,20-/m0/s1. The van der Waals surface area contributed by atoms with Gasteiger partial charge in [0.15, 0.2) is 5.82 Å². The largest absolute Gasteiger partial charge is 0.408 e. The summed E-state index contributed by atoms with van der Waals surface area (Å²) in [5.41, 5.74) is -0.283. The lowest BCUT2D eigenvalue weighted by atomic mass is 10.0. The molecule has 4 rings (SSSR count).